The molecule has 10 heteroatoms. The number of ether oxygens (including phenoxy) is 1. The molecular weight excluding hydrogens is 526 g/mol. The third kappa shape index (κ3) is 7.72. The van der Waals surface area contributed by atoms with Gasteiger partial charge < -0.3 is 15.0 Å². The molecule has 0 heterocycles. The summed E-state index contributed by atoms with van der Waals surface area (Å²) in [6.07, 6.45) is 1.27. The Balaban J connectivity index is 2.06. The highest BCUT2D eigenvalue weighted by Crippen LogP contribution is 2.30. The Hall–Kier alpha value is -3.56. The van der Waals surface area contributed by atoms with Crippen molar-refractivity contribution in [2.45, 2.75) is 25.9 Å². The van der Waals surface area contributed by atoms with Crippen LogP contribution in [-0.2, 0) is 32.6 Å². The van der Waals surface area contributed by atoms with Crippen LogP contribution in [-0.4, -0.2) is 57.6 Å². The summed E-state index contributed by atoms with van der Waals surface area (Å²) >= 11 is 6.20. The number of anilines is 1. The number of benzene rings is 3. The highest BCUT2D eigenvalue weighted by Gasteiger charge is 2.33. The monoisotopic (exact) mass is 557 g/mol. The van der Waals surface area contributed by atoms with Crippen molar-refractivity contribution in [2.75, 3.05) is 30.8 Å². The number of sulfonamides is 1. The average Bonchev–Trinajstić information content (AvgIpc) is 2.89. The predicted octanol–water partition coefficient (Wildman–Crippen LogP) is 3.89. The number of carbonyl (C=O) groups is 2. The lowest BCUT2D eigenvalue weighted by Crippen LogP contribution is -2.53. The fourth-order valence-electron chi connectivity index (χ4n) is 4.11. The van der Waals surface area contributed by atoms with Gasteiger partial charge in [-0.15, -0.1) is 0 Å². The maximum atomic E-state index is 14.0. The Kier molecular flexibility index (Phi) is 10.2. The molecular formula is C28H32ClN3O5S. The molecule has 2 amide bonds. The van der Waals surface area contributed by atoms with Crippen molar-refractivity contribution in [1.29, 1.82) is 0 Å². The van der Waals surface area contributed by atoms with Gasteiger partial charge in [0.2, 0.25) is 21.8 Å². The predicted molar refractivity (Wildman–Crippen MR) is 150 cm³/mol. The zero-order valence-corrected chi connectivity index (χ0v) is 23.2. The summed E-state index contributed by atoms with van der Waals surface area (Å²) in [7, 11) is -2.46. The Morgan fingerprint density at radius 1 is 0.974 bits per heavy atom. The molecule has 1 N–H and O–H groups in total. The third-order valence-electron chi connectivity index (χ3n) is 5.90. The number of methoxy groups -OCH3 is 1. The first-order valence-corrected chi connectivity index (χ1v) is 14.3. The Morgan fingerprint density at radius 2 is 1.63 bits per heavy atom. The summed E-state index contributed by atoms with van der Waals surface area (Å²) in [6, 6.07) is 22.0. The lowest BCUT2D eigenvalue weighted by atomic mass is 10.0. The minimum atomic E-state index is -3.89. The Morgan fingerprint density at radius 3 is 2.26 bits per heavy atom. The Labute approximate surface area is 229 Å². The summed E-state index contributed by atoms with van der Waals surface area (Å²) < 4.78 is 32.1. The normalized spacial score (nSPS) is 11.9. The van der Waals surface area contributed by atoms with E-state index in [-0.39, 0.29) is 24.6 Å². The number of carbonyl (C=O) groups excluding carboxylic acids is 2. The van der Waals surface area contributed by atoms with Crippen LogP contribution in [0.15, 0.2) is 78.9 Å². The number of hydrogen-bond acceptors (Lipinski definition) is 5. The number of likely N-dealkylation sites (N-methyl/N-ethyl adjacent to an activating group) is 1. The number of nitrogens with zero attached hydrogens (tertiary/aromatic N) is 2. The fourth-order valence-corrected chi connectivity index (χ4v) is 5.17. The van der Waals surface area contributed by atoms with Gasteiger partial charge in [0.15, 0.2) is 0 Å². The summed E-state index contributed by atoms with van der Waals surface area (Å²) in [5, 5.41) is 3.31. The van der Waals surface area contributed by atoms with E-state index in [1.807, 2.05) is 30.3 Å². The van der Waals surface area contributed by atoms with E-state index in [9.17, 15) is 18.0 Å². The number of amides is 2. The maximum absolute atomic E-state index is 14.0. The van der Waals surface area contributed by atoms with Crippen LogP contribution in [0.25, 0.3) is 0 Å². The molecule has 0 saturated carbocycles. The molecule has 0 unspecified atom stereocenters. The highest BCUT2D eigenvalue weighted by molar-refractivity contribution is 7.92. The second kappa shape index (κ2) is 13.3. The van der Waals surface area contributed by atoms with Gasteiger partial charge in [0.1, 0.15) is 18.3 Å². The van der Waals surface area contributed by atoms with Gasteiger partial charge in [0, 0.05) is 24.5 Å². The lowest BCUT2D eigenvalue weighted by Gasteiger charge is -2.33. The number of rotatable bonds is 12. The molecule has 8 nitrogen and oxygen atoms in total. The molecule has 0 spiro atoms. The van der Waals surface area contributed by atoms with Crippen LogP contribution in [0.4, 0.5) is 5.69 Å². The minimum Gasteiger partial charge on any atom is -0.495 e. The molecule has 0 aromatic heterocycles. The standard InChI is InChI=1S/C28H32ClN3O5S/c1-4-30-28(34)25(18-21-11-6-5-7-12-21)31(19-22-13-10-14-23(29)17-22)27(33)20-32(38(3,35)36)24-15-8-9-16-26(24)37-2/h5-17,25H,4,18-20H2,1-3H3,(H,30,34)/t25-/m0/s1. The van der Waals surface area contributed by atoms with E-state index in [0.29, 0.717) is 22.9 Å². The van der Waals surface area contributed by atoms with E-state index >= 15 is 0 Å². The van der Waals surface area contributed by atoms with Crippen LogP contribution in [0.2, 0.25) is 5.02 Å². The zero-order valence-electron chi connectivity index (χ0n) is 21.6. The number of para-hydroxylation sites is 2. The number of hydrogen-bond donors (Lipinski definition) is 1. The van der Waals surface area contributed by atoms with Crippen molar-refractivity contribution in [3.8, 4) is 5.75 Å². The second-order valence-electron chi connectivity index (χ2n) is 8.69. The molecule has 0 aliphatic carbocycles. The second-order valence-corrected chi connectivity index (χ2v) is 11.0. The first-order valence-electron chi connectivity index (χ1n) is 12.1. The van der Waals surface area contributed by atoms with Crippen LogP contribution in [0, 0.1) is 0 Å². The smallest absolute Gasteiger partial charge is 0.244 e. The van der Waals surface area contributed by atoms with Gasteiger partial charge in [0.05, 0.1) is 19.1 Å². The SMILES string of the molecule is CCNC(=O)[C@H](Cc1ccccc1)N(Cc1cccc(Cl)c1)C(=O)CN(c1ccccc1OC)S(C)(=O)=O. The van der Waals surface area contributed by atoms with Crippen LogP contribution >= 0.6 is 11.6 Å². The molecule has 0 saturated heterocycles. The maximum Gasteiger partial charge on any atom is 0.244 e. The van der Waals surface area contributed by atoms with E-state index in [1.165, 1.54) is 12.0 Å². The summed E-state index contributed by atoms with van der Waals surface area (Å²) in [5.41, 5.74) is 1.79. The van der Waals surface area contributed by atoms with Gasteiger partial charge in [-0.05, 0) is 42.3 Å². The zero-order chi connectivity index (χ0) is 27.7. The van der Waals surface area contributed by atoms with Crippen LogP contribution in [0.3, 0.4) is 0 Å². The van der Waals surface area contributed by atoms with Crippen molar-refractivity contribution in [3.63, 3.8) is 0 Å². The molecule has 3 aromatic rings. The molecule has 3 aromatic carbocycles. The molecule has 202 valence electrons. The lowest BCUT2D eigenvalue weighted by molar-refractivity contribution is -0.140. The fraction of sp³-hybridized carbons (Fsp3) is 0.286. The summed E-state index contributed by atoms with van der Waals surface area (Å²) in [6.45, 7) is 1.70. The van der Waals surface area contributed by atoms with Crippen molar-refractivity contribution < 1.29 is 22.7 Å². The molecule has 0 fully saturated rings. The molecule has 0 radical (unpaired) electrons. The molecule has 0 aliphatic rings. The van der Waals surface area contributed by atoms with Gasteiger partial charge >= 0.3 is 0 Å². The van der Waals surface area contributed by atoms with Crippen LogP contribution in [0.5, 0.6) is 5.75 Å². The topological polar surface area (TPSA) is 96.0 Å². The minimum absolute atomic E-state index is 0.0531. The molecule has 3 rings (SSSR count). The number of nitrogens with one attached hydrogen (secondary N) is 1. The van der Waals surface area contributed by atoms with E-state index in [0.717, 1.165) is 16.1 Å². The number of halogens is 1. The van der Waals surface area contributed by atoms with Crippen molar-refractivity contribution in [2.24, 2.45) is 0 Å². The van der Waals surface area contributed by atoms with Crippen LogP contribution < -0.4 is 14.4 Å². The molecule has 38 heavy (non-hydrogen) atoms. The third-order valence-corrected chi connectivity index (χ3v) is 7.26. The molecule has 0 bridgehead atoms. The van der Waals surface area contributed by atoms with E-state index in [2.05, 4.69) is 5.32 Å². The van der Waals surface area contributed by atoms with Gasteiger partial charge in [-0.1, -0.05) is 66.2 Å². The average molecular weight is 558 g/mol. The van der Waals surface area contributed by atoms with Crippen molar-refractivity contribution >= 4 is 39.1 Å². The van der Waals surface area contributed by atoms with Gasteiger partial charge in [0.25, 0.3) is 0 Å². The van der Waals surface area contributed by atoms with Crippen LogP contribution in [0.1, 0.15) is 18.1 Å². The van der Waals surface area contributed by atoms with E-state index < -0.39 is 28.5 Å². The largest absolute Gasteiger partial charge is 0.495 e. The first kappa shape index (κ1) is 29.0. The van der Waals surface area contributed by atoms with Crippen molar-refractivity contribution in [3.05, 3.63) is 95.0 Å². The highest BCUT2D eigenvalue weighted by atomic mass is 35.5. The van der Waals surface area contributed by atoms with Crippen molar-refractivity contribution in [1.82, 2.24) is 10.2 Å². The first-order chi connectivity index (χ1) is 18.1. The molecule has 0 aliphatic heterocycles. The van der Waals surface area contributed by atoms with E-state index in [1.54, 1.807) is 55.5 Å². The summed E-state index contributed by atoms with van der Waals surface area (Å²) in [5.74, 6) is -0.583. The van der Waals surface area contributed by atoms with E-state index in [4.69, 9.17) is 16.3 Å². The van der Waals surface area contributed by atoms with Gasteiger partial charge in [-0.2, -0.15) is 0 Å². The Bertz CT molecular complexity index is 1350. The molecule has 1 atom stereocenters. The van der Waals surface area contributed by atoms with Gasteiger partial charge in [-0.3, -0.25) is 13.9 Å². The summed E-state index contributed by atoms with van der Waals surface area (Å²) in [4.78, 5) is 28.7. The quantitative estimate of drug-likeness (QED) is 0.364. The van der Waals surface area contributed by atoms with Gasteiger partial charge in [-0.25, -0.2) is 8.42 Å².